The molecule has 1 aromatic heterocycles. The molecule has 2 aromatic carbocycles. The second-order valence-electron chi connectivity index (χ2n) is 7.03. The maximum absolute atomic E-state index is 12.8. The summed E-state index contributed by atoms with van der Waals surface area (Å²) in [6.07, 6.45) is -4.48. The van der Waals surface area contributed by atoms with E-state index >= 15 is 0 Å². The molecule has 0 saturated heterocycles. The number of amides is 2. The number of nitrogens with two attached hydrogens (primary N) is 1. The van der Waals surface area contributed by atoms with Crippen molar-refractivity contribution in [3.05, 3.63) is 69.7 Å². The van der Waals surface area contributed by atoms with Crippen molar-refractivity contribution in [1.82, 2.24) is 15.0 Å². The lowest BCUT2D eigenvalue weighted by molar-refractivity contribution is -0.137. The van der Waals surface area contributed by atoms with E-state index in [0.29, 0.717) is 11.5 Å². The van der Waals surface area contributed by atoms with Crippen molar-refractivity contribution >= 4 is 29.0 Å². The van der Waals surface area contributed by atoms with Crippen LogP contribution < -0.4 is 25.8 Å². The van der Waals surface area contributed by atoms with E-state index in [4.69, 9.17) is 15.2 Å². The average molecular weight is 478 g/mol. The number of hydrogen-bond acceptors (Lipinski definition) is 7. The molecule has 172 valence electrons. The molecule has 1 aliphatic rings. The number of rotatable bonds is 6. The molecule has 0 unspecified atom stereocenters. The van der Waals surface area contributed by atoms with Gasteiger partial charge in [-0.15, -0.1) is 0 Å². The summed E-state index contributed by atoms with van der Waals surface area (Å²) in [6.45, 7) is 0.161. The minimum absolute atomic E-state index is 0.00444. The average Bonchev–Trinajstić information content (AvgIpc) is 3.41. The summed E-state index contributed by atoms with van der Waals surface area (Å²) in [5, 5.41) is 5.16. The quantitative estimate of drug-likeness (QED) is 0.501. The molecule has 2 heterocycles. The number of nitrogen functional groups attached to an aromatic ring is 1. The number of nitrogens with zero attached hydrogens (tertiary/aromatic N) is 1. The monoisotopic (exact) mass is 478 g/mol. The van der Waals surface area contributed by atoms with Crippen LogP contribution in [0, 0.1) is 0 Å². The zero-order chi connectivity index (χ0) is 23.6. The van der Waals surface area contributed by atoms with Gasteiger partial charge in [0.05, 0.1) is 11.3 Å². The van der Waals surface area contributed by atoms with Crippen LogP contribution in [0.25, 0.3) is 0 Å². The van der Waals surface area contributed by atoms with E-state index in [9.17, 15) is 22.8 Å². The fourth-order valence-corrected chi connectivity index (χ4v) is 3.78. The molecule has 0 radical (unpaired) electrons. The molecule has 0 atom stereocenters. The number of anilines is 1. The number of nitrogens with one attached hydrogen (secondary N) is 2. The van der Waals surface area contributed by atoms with Gasteiger partial charge < -0.3 is 25.8 Å². The Balaban J connectivity index is 1.36. The molecule has 12 heteroatoms. The Morgan fingerprint density at radius 1 is 1.00 bits per heavy atom. The molecule has 33 heavy (non-hydrogen) atoms. The topological polar surface area (TPSA) is 116 Å². The van der Waals surface area contributed by atoms with Gasteiger partial charge in [0, 0.05) is 13.1 Å². The van der Waals surface area contributed by atoms with Crippen LogP contribution in [0.2, 0.25) is 0 Å². The number of carbonyl (C=O) groups excluding carboxylic acids is 2. The van der Waals surface area contributed by atoms with E-state index in [1.165, 1.54) is 12.1 Å². The van der Waals surface area contributed by atoms with Crippen LogP contribution in [-0.2, 0) is 19.3 Å². The van der Waals surface area contributed by atoms with Crippen LogP contribution in [0.1, 0.15) is 36.9 Å². The minimum Gasteiger partial charge on any atom is -0.454 e. The number of ether oxygens (including phenoxy) is 2. The summed E-state index contributed by atoms with van der Waals surface area (Å²) in [5.74, 6) is -0.0140. The Kier molecular flexibility index (Phi) is 6.09. The first-order valence-electron chi connectivity index (χ1n) is 9.58. The van der Waals surface area contributed by atoms with E-state index in [0.717, 1.165) is 29.2 Å². The Hall–Kier alpha value is -3.80. The SMILES string of the molecule is Nc1c(C(=O)NCc2ccc3c(c2)OCO3)nsc1C(=O)NCc1cccc(C(F)(F)F)c1. The number of carbonyl (C=O) groups is 2. The molecule has 0 fully saturated rings. The number of benzene rings is 2. The summed E-state index contributed by atoms with van der Waals surface area (Å²) in [4.78, 5) is 24.9. The highest BCUT2D eigenvalue weighted by molar-refractivity contribution is 7.09. The van der Waals surface area contributed by atoms with Crippen LogP contribution in [0.3, 0.4) is 0 Å². The van der Waals surface area contributed by atoms with Crippen molar-refractivity contribution in [2.45, 2.75) is 19.3 Å². The maximum atomic E-state index is 12.8. The normalized spacial score (nSPS) is 12.5. The lowest BCUT2D eigenvalue weighted by Gasteiger charge is -2.09. The number of hydrogen-bond donors (Lipinski definition) is 3. The first kappa shape index (κ1) is 22.4. The summed E-state index contributed by atoms with van der Waals surface area (Å²) < 4.78 is 53.0. The van der Waals surface area contributed by atoms with Crippen LogP contribution in [-0.4, -0.2) is 23.0 Å². The molecule has 0 spiro atoms. The smallest absolute Gasteiger partial charge is 0.416 e. The van der Waals surface area contributed by atoms with Gasteiger partial charge in [0.25, 0.3) is 11.8 Å². The Bertz CT molecular complexity index is 1210. The summed E-state index contributed by atoms with van der Waals surface area (Å²) in [6, 6.07) is 9.85. The Morgan fingerprint density at radius 2 is 1.70 bits per heavy atom. The molecule has 8 nitrogen and oxygen atoms in total. The molecular formula is C21H17F3N4O4S. The van der Waals surface area contributed by atoms with Crippen LogP contribution in [0.4, 0.5) is 18.9 Å². The fraction of sp³-hybridized carbons (Fsp3) is 0.190. The Morgan fingerprint density at radius 3 is 2.45 bits per heavy atom. The van der Waals surface area contributed by atoms with Crippen molar-refractivity contribution in [2.75, 3.05) is 12.5 Å². The molecule has 3 aromatic rings. The van der Waals surface area contributed by atoms with Gasteiger partial charge in [-0.2, -0.15) is 17.5 Å². The van der Waals surface area contributed by atoms with Gasteiger partial charge >= 0.3 is 6.18 Å². The predicted molar refractivity (Wildman–Crippen MR) is 113 cm³/mol. The summed E-state index contributed by atoms with van der Waals surface area (Å²) >= 11 is 0.729. The number of halogens is 3. The highest BCUT2D eigenvalue weighted by Gasteiger charge is 2.30. The van der Waals surface area contributed by atoms with Crippen LogP contribution in [0.5, 0.6) is 11.5 Å². The van der Waals surface area contributed by atoms with Crippen LogP contribution >= 0.6 is 11.5 Å². The van der Waals surface area contributed by atoms with Crippen molar-refractivity contribution in [3.8, 4) is 11.5 Å². The number of alkyl halides is 3. The molecule has 4 N–H and O–H groups in total. The van der Waals surface area contributed by atoms with E-state index in [1.807, 2.05) is 0 Å². The minimum atomic E-state index is -4.48. The van der Waals surface area contributed by atoms with E-state index < -0.39 is 23.6 Å². The van der Waals surface area contributed by atoms with Gasteiger partial charge in [-0.3, -0.25) is 9.59 Å². The van der Waals surface area contributed by atoms with Gasteiger partial charge in [0.15, 0.2) is 17.2 Å². The lowest BCUT2D eigenvalue weighted by Crippen LogP contribution is -2.25. The van der Waals surface area contributed by atoms with E-state index in [1.54, 1.807) is 18.2 Å². The van der Waals surface area contributed by atoms with Crippen LogP contribution in [0.15, 0.2) is 42.5 Å². The third kappa shape index (κ3) is 5.00. The third-order valence-electron chi connectivity index (χ3n) is 4.75. The van der Waals surface area contributed by atoms with Gasteiger partial charge in [0.2, 0.25) is 6.79 Å². The highest BCUT2D eigenvalue weighted by atomic mass is 32.1. The highest BCUT2D eigenvalue weighted by Crippen LogP contribution is 2.32. The van der Waals surface area contributed by atoms with E-state index in [2.05, 4.69) is 15.0 Å². The zero-order valence-electron chi connectivity index (χ0n) is 16.9. The van der Waals surface area contributed by atoms with Crippen molar-refractivity contribution < 1.29 is 32.2 Å². The predicted octanol–water partition coefficient (Wildman–Crippen LogP) is 3.33. The van der Waals surface area contributed by atoms with Crippen molar-refractivity contribution in [1.29, 1.82) is 0 Å². The fourth-order valence-electron chi connectivity index (χ4n) is 3.06. The number of fused-ring (bicyclic) bond motifs is 1. The van der Waals surface area contributed by atoms with Crippen molar-refractivity contribution in [3.63, 3.8) is 0 Å². The molecule has 1 aliphatic heterocycles. The van der Waals surface area contributed by atoms with Gasteiger partial charge in [-0.1, -0.05) is 18.2 Å². The summed E-state index contributed by atoms with van der Waals surface area (Å²) in [5.41, 5.74) is 5.94. The molecule has 0 saturated carbocycles. The van der Waals surface area contributed by atoms with Gasteiger partial charge in [0.1, 0.15) is 4.88 Å². The van der Waals surface area contributed by atoms with Crippen molar-refractivity contribution in [2.24, 2.45) is 0 Å². The molecule has 2 amide bonds. The standard InChI is InChI=1S/C21H17F3N4O4S/c22-21(23,24)13-3-1-2-11(6-13)8-27-20(30)18-16(25)17(28-33-18)19(29)26-9-12-4-5-14-15(7-12)32-10-31-14/h1-7H,8-10,25H2,(H,26,29)(H,27,30). The number of aromatic nitrogens is 1. The zero-order valence-corrected chi connectivity index (χ0v) is 17.7. The molecular weight excluding hydrogens is 461 g/mol. The summed E-state index contributed by atoms with van der Waals surface area (Å²) in [7, 11) is 0. The maximum Gasteiger partial charge on any atom is 0.416 e. The van der Waals surface area contributed by atoms with Gasteiger partial charge in [-0.05, 0) is 46.9 Å². The molecule has 4 rings (SSSR count). The largest absolute Gasteiger partial charge is 0.454 e. The first-order valence-corrected chi connectivity index (χ1v) is 10.4. The first-order chi connectivity index (χ1) is 15.7. The third-order valence-corrected chi connectivity index (χ3v) is 5.61. The second-order valence-corrected chi connectivity index (χ2v) is 7.80. The molecule has 0 bridgehead atoms. The van der Waals surface area contributed by atoms with Gasteiger partial charge in [-0.25, -0.2) is 0 Å². The molecule has 0 aliphatic carbocycles. The van der Waals surface area contributed by atoms with E-state index in [-0.39, 0.29) is 41.7 Å². The lowest BCUT2D eigenvalue weighted by atomic mass is 10.1. The Labute approximate surface area is 189 Å². The second kappa shape index (κ2) is 8.98.